The minimum atomic E-state index is -4.78. The summed E-state index contributed by atoms with van der Waals surface area (Å²) >= 11 is 5.44. The molecule has 9 heteroatoms. The van der Waals surface area contributed by atoms with Gasteiger partial charge in [-0.25, -0.2) is 4.98 Å². The van der Waals surface area contributed by atoms with Crippen LogP contribution < -0.4 is 4.74 Å². The van der Waals surface area contributed by atoms with Gasteiger partial charge in [0.05, 0.1) is 5.69 Å². The van der Waals surface area contributed by atoms with Crippen LogP contribution in [0.1, 0.15) is 18.5 Å². The lowest BCUT2D eigenvalue weighted by Crippen LogP contribution is -2.67. The van der Waals surface area contributed by atoms with Crippen molar-refractivity contribution in [2.24, 2.45) is 5.41 Å². The molecule has 0 N–H and O–H groups in total. The van der Waals surface area contributed by atoms with E-state index in [4.69, 9.17) is 4.74 Å². The van der Waals surface area contributed by atoms with Crippen LogP contribution in [0.4, 0.5) is 13.2 Å². The summed E-state index contributed by atoms with van der Waals surface area (Å²) in [4.78, 5) is 16.3. The molecule has 0 aromatic carbocycles. The predicted molar refractivity (Wildman–Crippen MR) is 88.3 cm³/mol. The number of hydrogen-bond acceptors (Lipinski definition) is 3. The Morgan fingerprint density at radius 2 is 2.09 bits per heavy atom. The van der Waals surface area contributed by atoms with Crippen LogP contribution in [0, 0.1) is 9.12 Å². The molecule has 23 heavy (non-hydrogen) atoms. The fraction of sp³-hybridized carbons (Fsp3) is 0.571. The Morgan fingerprint density at radius 3 is 2.61 bits per heavy atom. The number of halogens is 5. The van der Waals surface area contributed by atoms with Crippen LogP contribution in [0.5, 0.6) is 5.75 Å². The molecule has 1 saturated carbocycles. The van der Waals surface area contributed by atoms with E-state index in [1.807, 2.05) is 12.1 Å². The zero-order chi connectivity index (χ0) is 16.8. The van der Waals surface area contributed by atoms with Crippen molar-refractivity contribution in [2.45, 2.75) is 30.5 Å². The quantitative estimate of drug-likeness (QED) is 0.359. The Morgan fingerprint density at radius 1 is 1.43 bits per heavy atom. The second-order valence-electron chi connectivity index (χ2n) is 6.03. The third-order valence-corrected chi connectivity index (χ3v) is 5.55. The predicted octanol–water partition coefficient (Wildman–Crippen LogP) is 3.51. The average molecular weight is 505 g/mol. The monoisotopic (exact) mass is 504 g/mol. The molecule has 2 aliphatic rings. The zero-order valence-electron chi connectivity index (χ0n) is 11.9. The van der Waals surface area contributed by atoms with Crippen LogP contribution in [0.15, 0.2) is 12.1 Å². The Hall–Kier alpha value is -0.580. The molecule has 0 atom stereocenters. The van der Waals surface area contributed by atoms with Gasteiger partial charge >= 0.3 is 12.1 Å². The van der Waals surface area contributed by atoms with E-state index in [0.29, 0.717) is 23.9 Å². The molecule has 1 amide bonds. The minimum Gasteiger partial charge on any atom is -0.488 e. The zero-order valence-corrected chi connectivity index (χ0v) is 15.6. The molecular formula is C14H13BrF3IN2O2. The first-order valence-corrected chi connectivity index (χ1v) is 9.17. The van der Waals surface area contributed by atoms with E-state index < -0.39 is 12.1 Å². The molecule has 1 aliphatic heterocycles. The number of nitrogens with zero attached hydrogens (tertiary/aromatic N) is 2. The number of pyridine rings is 1. The van der Waals surface area contributed by atoms with Crippen molar-refractivity contribution >= 4 is 44.4 Å². The number of carbonyl (C=O) groups excluding carboxylic acids is 1. The topological polar surface area (TPSA) is 42.4 Å². The normalized spacial score (nSPS) is 20.1. The van der Waals surface area contributed by atoms with Gasteiger partial charge in [-0.3, -0.25) is 4.79 Å². The Labute approximate surface area is 153 Å². The van der Waals surface area contributed by atoms with Gasteiger partial charge in [0.2, 0.25) is 0 Å². The first-order valence-electron chi connectivity index (χ1n) is 6.97. The van der Waals surface area contributed by atoms with Crippen LogP contribution in [-0.4, -0.2) is 41.2 Å². The number of amides is 1. The van der Waals surface area contributed by atoms with E-state index in [1.54, 1.807) is 0 Å². The first kappa shape index (κ1) is 17.2. The van der Waals surface area contributed by atoms with Crippen LogP contribution in [0.2, 0.25) is 0 Å². The fourth-order valence-corrected chi connectivity index (χ4v) is 4.06. The van der Waals surface area contributed by atoms with E-state index in [1.165, 1.54) is 0 Å². The molecular weight excluding hydrogens is 492 g/mol. The summed E-state index contributed by atoms with van der Waals surface area (Å²) < 4.78 is 43.6. The number of likely N-dealkylation sites (tertiary alicyclic amines) is 1. The number of alkyl halides is 4. The molecule has 1 aliphatic carbocycles. The third kappa shape index (κ3) is 3.45. The summed E-state index contributed by atoms with van der Waals surface area (Å²) in [5.74, 6) is -1.05. The highest BCUT2D eigenvalue weighted by molar-refractivity contribution is 14.1. The van der Waals surface area contributed by atoms with Gasteiger partial charge in [0.25, 0.3) is 0 Å². The lowest BCUT2D eigenvalue weighted by atomic mass is 9.61. The van der Waals surface area contributed by atoms with Crippen molar-refractivity contribution < 1.29 is 22.7 Å². The van der Waals surface area contributed by atoms with Crippen LogP contribution in [0.25, 0.3) is 0 Å². The molecule has 1 aromatic heterocycles. The van der Waals surface area contributed by atoms with Gasteiger partial charge in [0.1, 0.15) is 9.80 Å². The van der Waals surface area contributed by atoms with E-state index in [9.17, 15) is 18.0 Å². The van der Waals surface area contributed by atoms with Crippen LogP contribution in [-0.2, 0) is 10.1 Å². The highest BCUT2D eigenvalue weighted by Gasteiger charge is 2.58. The Balaban J connectivity index is 1.50. The third-order valence-electron chi connectivity index (χ3n) is 4.21. The largest absolute Gasteiger partial charge is 0.488 e. The van der Waals surface area contributed by atoms with Gasteiger partial charge in [-0.2, -0.15) is 13.2 Å². The van der Waals surface area contributed by atoms with Crippen molar-refractivity contribution in [1.82, 2.24) is 9.88 Å². The van der Waals surface area contributed by atoms with Gasteiger partial charge in [-0.1, -0.05) is 15.9 Å². The van der Waals surface area contributed by atoms with Crippen molar-refractivity contribution in [3.63, 3.8) is 0 Å². The number of carbonyl (C=O) groups is 1. The first-order chi connectivity index (χ1) is 10.7. The van der Waals surface area contributed by atoms with E-state index in [2.05, 4.69) is 43.5 Å². The minimum absolute atomic E-state index is 0.0247. The molecule has 4 nitrogen and oxygen atoms in total. The summed E-state index contributed by atoms with van der Waals surface area (Å²) in [7, 11) is 0. The molecule has 3 rings (SSSR count). The summed E-state index contributed by atoms with van der Waals surface area (Å²) in [5.41, 5.74) is 0.715. The van der Waals surface area contributed by atoms with Crippen molar-refractivity contribution in [3.05, 3.63) is 21.5 Å². The smallest absolute Gasteiger partial charge is 0.471 e. The maximum atomic E-state index is 12.3. The maximum absolute atomic E-state index is 12.3. The maximum Gasteiger partial charge on any atom is 0.471 e. The van der Waals surface area contributed by atoms with Gasteiger partial charge in [0, 0.05) is 23.8 Å². The van der Waals surface area contributed by atoms with Crippen molar-refractivity contribution in [3.8, 4) is 5.75 Å². The molecule has 1 saturated heterocycles. The second-order valence-corrected chi connectivity index (χ2v) is 7.61. The fourth-order valence-electron chi connectivity index (χ4n) is 3.13. The SMILES string of the molecule is O=C(N1CC2(CC(Oc3ccc(CBr)nc3I)C2)C1)C(F)(F)F. The average Bonchev–Trinajstić information content (AvgIpc) is 2.39. The van der Waals surface area contributed by atoms with Gasteiger partial charge < -0.3 is 9.64 Å². The Bertz CT molecular complexity index is 627. The second kappa shape index (κ2) is 6.05. The van der Waals surface area contributed by atoms with Crippen molar-refractivity contribution in [1.29, 1.82) is 0 Å². The van der Waals surface area contributed by atoms with E-state index in [-0.39, 0.29) is 24.6 Å². The van der Waals surface area contributed by atoms with Gasteiger partial charge in [-0.15, -0.1) is 0 Å². The van der Waals surface area contributed by atoms with E-state index >= 15 is 0 Å². The Kier molecular flexibility index (Phi) is 4.54. The number of rotatable bonds is 3. The lowest BCUT2D eigenvalue weighted by Gasteiger charge is -2.58. The summed E-state index contributed by atoms with van der Waals surface area (Å²) in [6, 6.07) is 3.73. The van der Waals surface area contributed by atoms with Crippen molar-refractivity contribution in [2.75, 3.05) is 13.1 Å². The molecule has 1 spiro atoms. The molecule has 2 fully saturated rings. The molecule has 0 unspecified atom stereocenters. The summed E-state index contributed by atoms with van der Waals surface area (Å²) in [6.45, 7) is 0.339. The summed E-state index contributed by atoms with van der Waals surface area (Å²) in [5, 5.41) is 0.666. The van der Waals surface area contributed by atoms with Crippen LogP contribution >= 0.6 is 38.5 Å². The highest BCUT2D eigenvalue weighted by Crippen LogP contribution is 2.50. The van der Waals surface area contributed by atoms with Gasteiger partial charge in [-0.05, 0) is 47.6 Å². The molecule has 2 heterocycles. The highest BCUT2D eigenvalue weighted by atomic mass is 127. The molecule has 126 valence electrons. The van der Waals surface area contributed by atoms with Gasteiger partial charge in [0.15, 0.2) is 5.75 Å². The van der Waals surface area contributed by atoms with E-state index in [0.717, 1.165) is 14.3 Å². The molecule has 1 aromatic rings. The number of ether oxygens (including phenoxy) is 1. The molecule has 0 radical (unpaired) electrons. The van der Waals surface area contributed by atoms with Crippen LogP contribution in [0.3, 0.4) is 0 Å². The summed E-state index contributed by atoms with van der Waals surface area (Å²) in [6.07, 6.45) is -3.46. The number of hydrogen-bond donors (Lipinski definition) is 0. The standard InChI is InChI=1S/C14H13BrF3IN2O2/c15-5-8-1-2-10(11(19)20-8)23-9-3-13(4-9)6-21(7-13)12(22)14(16,17)18/h1-2,9H,3-7H2. The molecule has 0 bridgehead atoms. The lowest BCUT2D eigenvalue weighted by molar-refractivity contribution is -0.205. The number of aromatic nitrogens is 1.